The average Bonchev–Trinajstić information content (AvgIpc) is 2.56. The molecular weight excluding hydrogens is 312 g/mol. The molecule has 22 heavy (non-hydrogen) atoms. The van der Waals surface area contributed by atoms with Gasteiger partial charge in [-0.05, 0) is 30.1 Å². The fraction of sp³-hybridized carbons (Fsp3) is 0.333. The SMILES string of the molecule is c1ccc2c(c1)CSCCCSCc1ccccc1OCO2. The first-order chi connectivity index (χ1) is 10.9. The smallest absolute Gasteiger partial charge is 0.230 e. The van der Waals surface area contributed by atoms with E-state index in [2.05, 4.69) is 24.3 Å². The highest BCUT2D eigenvalue weighted by Gasteiger charge is 2.07. The Hall–Kier alpha value is -1.26. The van der Waals surface area contributed by atoms with Crippen LogP contribution in [0.5, 0.6) is 11.5 Å². The second kappa shape index (κ2) is 8.39. The molecule has 0 amide bonds. The van der Waals surface area contributed by atoms with E-state index >= 15 is 0 Å². The van der Waals surface area contributed by atoms with E-state index in [-0.39, 0.29) is 6.79 Å². The van der Waals surface area contributed by atoms with E-state index < -0.39 is 0 Å². The maximum Gasteiger partial charge on any atom is 0.230 e. The van der Waals surface area contributed by atoms with Gasteiger partial charge in [-0.1, -0.05) is 36.4 Å². The monoisotopic (exact) mass is 332 g/mol. The number of benzene rings is 2. The molecule has 0 unspecified atom stereocenters. The van der Waals surface area contributed by atoms with Gasteiger partial charge in [0.2, 0.25) is 6.79 Å². The van der Waals surface area contributed by atoms with Crippen LogP contribution in [0.15, 0.2) is 48.5 Å². The minimum absolute atomic E-state index is 0.253. The third-order valence-electron chi connectivity index (χ3n) is 3.47. The van der Waals surface area contributed by atoms with Crippen molar-refractivity contribution in [2.24, 2.45) is 0 Å². The van der Waals surface area contributed by atoms with Gasteiger partial charge in [0.05, 0.1) is 0 Å². The molecule has 4 heteroatoms. The summed E-state index contributed by atoms with van der Waals surface area (Å²) in [5.74, 6) is 6.24. The molecule has 2 aromatic carbocycles. The second-order valence-electron chi connectivity index (χ2n) is 5.08. The molecule has 0 saturated carbocycles. The Kier molecular flexibility index (Phi) is 5.96. The molecule has 2 nitrogen and oxygen atoms in total. The van der Waals surface area contributed by atoms with Gasteiger partial charge in [0, 0.05) is 22.6 Å². The molecule has 0 N–H and O–H groups in total. The van der Waals surface area contributed by atoms with Crippen molar-refractivity contribution in [3.05, 3.63) is 59.7 Å². The van der Waals surface area contributed by atoms with E-state index in [0.29, 0.717) is 0 Å². The quantitative estimate of drug-likeness (QED) is 0.677. The van der Waals surface area contributed by atoms with Crippen LogP contribution in [0.2, 0.25) is 0 Å². The fourth-order valence-corrected chi connectivity index (χ4v) is 4.40. The van der Waals surface area contributed by atoms with E-state index in [0.717, 1.165) is 23.0 Å². The molecule has 0 bridgehead atoms. The summed E-state index contributed by atoms with van der Waals surface area (Å²) >= 11 is 3.95. The number of para-hydroxylation sites is 2. The van der Waals surface area contributed by atoms with Crippen LogP contribution in [-0.2, 0) is 11.5 Å². The molecule has 3 rings (SSSR count). The van der Waals surface area contributed by atoms with E-state index in [1.807, 2.05) is 47.8 Å². The topological polar surface area (TPSA) is 18.5 Å². The van der Waals surface area contributed by atoms with Gasteiger partial charge in [-0.15, -0.1) is 0 Å². The number of ether oxygens (including phenoxy) is 2. The van der Waals surface area contributed by atoms with E-state index in [9.17, 15) is 0 Å². The van der Waals surface area contributed by atoms with Crippen LogP contribution in [-0.4, -0.2) is 18.3 Å². The lowest BCUT2D eigenvalue weighted by Gasteiger charge is -2.15. The van der Waals surface area contributed by atoms with E-state index in [1.54, 1.807) is 0 Å². The Morgan fingerprint density at radius 3 is 1.73 bits per heavy atom. The highest BCUT2D eigenvalue weighted by atomic mass is 32.2. The van der Waals surface area contributed by atoms with Gasteiger partial charge >= 0.3 is 0 Å². The summed E-state index contributed by atoms with van der Waals surface area (Å²) in [4.78, 5) is 0. The number of hydrogen-bond donors (Lipinski definition) is 0. The zero-order chi connectivity index (χ0) is 15.0. The van der Waals surface area contributed by atoms with Gasteiger partial charge in [0.1, 0.15) is 11.5 Å². The Morgan fingerprint density at radius 1 is 0.682 bits per heavy atom. The van der Waals surface area contributed by atoms with Crippen LogP contribution in [0.3, 0.4) is 0 Å². The number of rotatable bonds is 0. The summed E-state index contributed by atoms with van der Waals surface area (Å²) in [5, 5.41) is 0. The molecule has 0 fully saturated rings. The molecule has 0 aromatic heterocycles. The lowest BCUT2D eigenvalue weighted by molar-refractivity contribution is 0.118. The van der Waals surface area contributed by atoms with Gasteiger partial charge in [-0.3, -0.25) is 0 Å². The first-order valence-corrected chi connectivity index (χ1v) is 9.81. The van der Waals surface area contributed by atoms with Gasteiger partial charge < -0.3 is 9.47 Å². The highest BCUT2D eigenvalue weighted by Crippen LogP contribution is 2.27. The lowest BCUT2D eigenvalue weighted by Crippen LogP contribution is -2.08. The number of fused-ring (bicyclic) bond motifs is 2. The predicted octanol–water partition coefficient (Wildman–Crippen LogP) is 4.97. The maximum atomic E-state index is 5.85. The van der Waals surface area contributed by atoms with Gasteiger partial charge in [-0.25, -0.2) is 0 Å². The average molecular weight is 332 g/mol. The summed E-state index contributed by atoms with van der Waals surface area (Å²) in [6, 6.07) is 16.5. The Balaban J connectivity index is 1.74. The van der Waals surface area contributed by atoms with Crippen molar-refractivity contribution in [3.63, 3.8) is 0 Å². The second-order valence-corrected chi connectivity index (χ2v) is 7.29. The van der Waals surface area contributed by atoms with Crippen molar-refractivity contribution in [1.29, 1.82) is 0 Å². The molecule has 1 aliphatic heterocycles. The zero-order valence-electron chi connectivity index (χ0n) is 12.5. The zero-order valence-corrected chi connectivity index (χ0v) is 14.1. The first-order valence-electron chi connectivity index (χ1n) is 7.50. The van der Waals surface area contributed by atoms with Crippen molar-refractivity contribution < 1.29 is 9.47 Å². The molecular formula is C18H20O2S2. The van der Waals surface area contributed by atoms with Crippen molar-refractivity contribution in [3.8, 4) is 11.5 Å². The number of thioether (sulfide) groups is 2. The van der Waals surface area contributed by atoms with Crippen molar-refractivity contribution in [1.82, 2.24) is 0 Å². The number of hydrogen-bond acceptors (Lipinski definition) is 4. The van der Waals surface area contributed by atoms with Gasteiger partial charge in [0.15, 0.2) is 0 Å². The van der Waals surface area contributed by atoms with E-state index in [4.69, 9.17) is 9.47 Å². The van der Waals surface area contributed by atoms with E-state index in [1.165, 1.54) is 29.1 Å². The largest absolute Gasteiger partial charge is 0.457 e. The maximum absolute atomic E-state index is 5.85. The van der Waals surface area contributed by atoms with Crippen LogP contribution in [0, 0.1) is 0 Å². The Morgan fingerprint density at radius 2 is 1.18 bits per heavy atom. The summed E-state index contributed by atoms with van der Waals surface area (Å²) in [5.41, 5.74) is 2.49. The van der Waals surface area contributed by atoms with Crippen LogP contribution in [0.4, 0.5) is 0 Å². The van der Waals surface area contributed by atoms with Crippen LogP contribution < -0.4 is 9.47 Å². The summed E-state index contributed by atoms with van der Waals surface area (Å²) in [6.45, 7) is 0.253. The van der Waals surface area contributed by atoms with Crippen molar-refractivity contribution in [2.45, 2.75) is 17.9 Å². The predicted molar refractivity (Wildman–Crippen MR) is 95.9 cm³/mol. The molecule has 116 valence electrons. The lowest BCUT2D eigenvalue weighted by atomic mass is 10.2. The van der Waals surface area contributed by atoms with Gasteiger partial charge in [-0.2, -0.15) is 23.5 Å². The summed E-state index contributed by atoms with van der Waals surface area (Å²) in [7, 11) is 0. The molecule has 1 aliphatic rings. The molecule has 2 aromatic rings. The van der Waals surface area contributed by atoms with Crippen LogP contribution in [0.25, 0.3) is 0 Å². The van der Waals surface area contributed by atoms with Crippen LogP contribution in [0.1, 0.15) is 17.5 Å². The third kappa shape index (κ3) is 4.37. The molecule has 0 aliphatic carbocycles. The molecule has 0 radical (unpaired) electrons. The molecule has 1 heterocycles. The highest BCUT2D eigenvalue weighted by molar-refractivity contribution is 7.99. The molecule has 0 atom stereocenters. The van der Waals surface area contributed by atoms with Crippen molar-refractivity contribution >= 4 is 23.5 Å². The fourth-order valence-electron chi connectivity index (χ4n) is 2.31. The summed E-state index contributed by atoms with van der Waals surface area (Å²) < 4.78 is 11.7. The molecule has 0 saturated heterocycles. The first kappa shape index (κ1) is 15.6. The Bertz CT molecular complexity index is 550. The van der Waals surface area contributed by atoms with Crippen LogP contribution >= 0.6 is 23.5 Å². The normalized spacial score (nSPS) is 16.4. The summed E-state index contributed by atoms with van der Waals surface area (Å²) in [6.07, 6.45) is 1.24. The third-order valence-corrected chi connectivity index (χ3v) is 5.65. The molecule has 0 spiro atoms. The van der Waals surface area contributed by atoms with Crippen molar-refractivity contribution in [2.75, 3.05) is 18.3 Å². The minimum atomic E-state index is 0.253. The van der Waals surface area contributed by atoms with Gasteiger partial charge in [0.25, 0.3) is 0 Å². The standard InChI is InChI=1S/C18H20O2S2/c1-3-8-17-15(6-1)12-21-10-5-11-22-13-16-7-2-4-9-18(16)20-14-19-17/h1-4,6-9H,5,10-14H2. The minimum Gasteiger partial charge on any atom is -0.457 e. The Labute approximate surface area is 140 Å².